The van der Waals surface area contributed by atoms with Crippen molar-refractivity contribution in [2.45, 2.75) is 6.92 Å². The maximum atomic E-state index is 11.3. The van der Waals surface area contributed by atoms with E-state index in [-0.39, 0.29) is 21.4 Å². The number of aromatic amines is 1. The van der Waals surface area contributed by atoms with Gasteiger partial charge in [0.25, 0.3) is 5.56 Å². The first-order chi connectivity index (χ1) is 8.00. The van der Waals surface area contributed by atoms with Gasteiger partial charge in [-0.15, -0.1) is 0 Å². The highest BCUT2D eigenvalue weighted by Crippen LogP contribution is 2.15. The Bertz CT molecular complexity index is 646. The normalized spacial score (nSPS) is 10.5. The van der Waals surface area contributed by atoms with Gasteiger partial charge in [-0.1, -0.05) is 0 Å². The van der Waals surface area contributed by atoms with E-state index in [0.717, 1.165) is 0 Å². The number of hydrogen-bond acceptors (Lipinski definition) is 4. The Morgan fingerprint density at radius 3 is 2.88 bits per heavy atom. The van der Waals surface area contributed by atoms with Crippen molar-refractivity contribution in [1.82, 2.24) is 19.7 Å². The topological polar surface area (TPSA) is 101 Å². The van der Waals surface area contributed by atoms with E-state index in [4.69, 9.17) is 5.11 Å². The van der Waals surface area contributed by atoms with Gasteiger partial charge in [0.05, 0.1) is 12.0 Å². The van der Waals surface area contributed by atoms with Gasteiger partial charge in [0, 0.05) is 6.20 Å². The van der Waals surface area contributed by atoms with Crippen LogP contribution in [-0.2, 0) is 0 Å². The molecule has 0 unspecified atom stereocenters. The molecule has 0 radical (unpaired) electrons. The Kier molecular flexibility index (Phi) is 2.80. The third-order valence-electron chi connectivity index (χ3n) is 2.12. The van der Waals surface area contributed by atoms with Crippen LogP contribution in [0, 0.1) is 6.92 Å². The Hall–Kier alpha value is -1.96. The fraction of sp³-hybridized carbons (Fsp3) is 0.111. The molecule has 0 aromatic carbocycles. The molecule has 0 aliphatic heterocycles. The van der Waals surface area contributed by atoms with Gasteiger partial charge in [0.1, 0.15) is 10.0 Å². The molecule has 0 saturated heterocycles. The molecule has 2 N–H and O–H groups in total. The molecule has 2 aromatic heterocycles. The van der Waals surface area contributed by atoms with Gasteiger partial charge in [-0.05, 0) is 22.9 Å². The van der Waals surface area contributed by atoms with Crippen LogP contribution < -0.4 is 5.56 Å². The van der Waals surface area contributed by atoms with Crippen LogP contribution in [0.2, 0.25) is 0 Å². The van der Waals surface area contributed by atoms with E-state index in [1.165, 1.54) is 17.2 Å². The number of carboxylic acids is 1. The van der Waals surface area contributed by atoms with Gasteiger partial charge in [0.2, 0.25) is 0 Å². The minimum absolute atomic E-state index is 0.0685. The van der Waals surface area contributed by atoms with Gasteiger partial charge < -0.3 is 10.1 Å². The number of nitrogens with one attached hydrogen (secondary N) is 1. The molecular formula is C9H7BrN4O3. The van der Waals surface area contributed by atoms with Crippen LogP contribution in [0.25, 0.3) is 5.82 Å². The smallest absolute Gasteiger partial charge is 0.339 e. The summed E-state index contributed by atoms with van der Waals surface area (Å²) in [5.41, 5.74) is 0.0606. The maximum absolute atomic E-state index is 11.3. The van der Waals surface area contributed by atoms with Crippen LogP contribution >= 0.6 is 15.9 Å². The molecule has 2 rings (SSSR count). The highest BCUT2D eigenvalue weighted by molar-refractivity contribution is 9.10. The SMILES string of the molecule is Cc1nn(-c2nc[nH]c(=O)c2Br)cc1C(=O)O. The Morgan fingerprint density at radius 2 is 2.29 bits per heavy atom. The molecule has 0 fully saturated rings. The first-order valence-corrected chi connectivity index (χ1v) is 5.33. The quantitative estimate of drug-likeness (QED) is 0.851. The molecule has 0 atom stereocenters. The van der Waals surface area contributed by atoms with Gasteiger partial charge in [-0.2, -0.15) is 5.10 Å². The monoisotopic (exact) mass is 298 g/mol. The number of carboxylic acid groups (broad SMARTS) is 1. The van der Waals surface area contributed by atoms with Crippen LogP contribution in [0.1, 0.15) is 16.1 Å². The van der Waals surface area contributed by atoms with Gasteiger partial charge >= 0.3 is 5.97 Å². The number of hydrogen-bond donors (Lipinski definition) is 2. The summed E-state index contributed by atoms with van der Waals surface area (Å²) in [7, 11) is 0. The lowest BCUT2D eigenvalue weighted by Crippen LogP contribution is -2.12. The van der Waals surface area contributed by atoms with Crippen molar-refractivity contribution in [3.63, 3.8) is 0 Å². The van der Waals surface area contributed by atoms with Crippen LogP contribution in [0.3, 0.4) is 0 Å². The zero-order valence-corrected chi connectivity index (χ0v) is 10.2. The number of H-pyrrole nitrogens is 1. The predicted octanol–water partition coefficient (Wildman–Crippen LogP) is 0.725. The summed E-state index contributed by atoms with van der Waals surface area (Å²) in [5, 5.41) is 12.9. The highest BCUT2D eigenvalue weighted by atomic mass is 79.9. The number of aromatic carboxylic acids is 1. The minimum Gasteiger partial charge on any atom is -0.478 e. The molecule has 0 saturated carbocycles. The van der Waals surface area contributed by atoms with E-state index in [0.29, 0.717) is 5.69 Å². The Balaban J connectivity index is 2.62. The molecule has 7 nitrogen and oxygen atoms in total. The lowest BCUT2D eigenvalue weighted by Gasteiger charge is -2.00. The molecule has 0 aliphatic rings. The lowest BCUT2D eigenvalue weighted by atomic mass is 10.3. The van der Waals surface area contributed by atoms with E-state index < -0.39 is 5.97 Å². The summed E-state index contributed by atoms with van der Waals surface area (Å²) < 4.78 is 1.44. The van der Waals surface area contributed by atoms with Crippen molar-refractivity contribution < 1.29 is 9.90 Å². The average Bonchev–Trinajstić information content (AvgIpc) is 2.64. The Labute approximate surface area is 103 Å². The summed E-state index contributed by atoms with van der Waals surface area (Å²) >= 11 is 3.07. The van der Waals surface area contributed by atoms with Crippen molar-refractivity contribution >= 4 is 21.9 Å². The first-order valence-electron chi connectivity index (χ1n) is 4.54. The Morgan fingerprint density at radius 1 is 1.59 bits per heavy atom. The molecule has 17 heavy (non-hydrogen) atoms. The molecule has 2 aromatic rings. The second kappa shape index (κ2) is 4.13. The molecule has 0 aliphatic carbocycles. The van der Waals surface area contributed by atoms with E-state index in [1.54, 1.807) is 6.92 Å². The first kappa shape index (κ1) is 11.5. The van der Waals surface area contributed by atoms with Gasteiger partial charge in [0.15, 0.2) is 5.82 Å². The maximum Gasteiger partial charge on any atom is 0.339 e. The predicted molar refractivity (Wildman–Crippen MR) is 61.4 cm³/mol. The van der Waals surface area contributed by atoms with Crippen molar-refractivity contribution in [3.05, 3.63) is 38.6 Å². The molecule has 2 heterocycles. The zero-order valence-electron chi connectivity index (χ0n) is 8.64. The number of aryl methyl sites for hydroxylation is 1. The fourth-order valence-electron chi connectivity index (χ4n) is 1.31. The standard InChI is InChI=1S/C9H7BrN4O3/c1-4-5(9(16)17)2-14(13-4)7-6(10)8(15)12-3-11-7/h2-3H,1H3,(H,16,17)(H,11,12,15). The summed E-state index contributed by atoms with van der Waals surface area (Å²) in [6, 6.07) is 0. The van der Waals surface area contributed by atoms with Crippen LogP contribution in [-0.4, -0.2) is 30.8 Å². The van der Waals surface area contributed by atoms with Crippen LogP contribution in [0.5, 0.6) is 0 Å². The van der Waals surface area contributed by atoms with E-state index >= 15 is 0 Å². The number of nitrogens with zero attached hydrogens (tertiary/aromatic N) is 3. The molecule has 88 valence electrons. The molecule has 0 spiro atoms. The number of carbonyl (C=O) groups is 1. The largest absolute Gasteiger partial charge is 0.478 e. The van der Waals surface area contributed by atoms with Crippen LogP contribution in [0.15, 0.2) is 21.8 Å². The number of rotatable bonds is 2. The lowest BCUT2D eigenvalue weighted by molar-refractivity contribution is 0.0696. The van der Waals surface area contributed by atoms with Gasteiger partial charge in [-0.25, -0.2) is 14.5 Å². The average molecular weight is 299 g/mol. The van der Waals surface area contributed by atoms with E-state index in [1.807, 2.05) is 0 Å². The fourth-order valence-corrected chi connectivity index (χ4v) is 1.71. The summed E-state index contributed by atoms with van der Waals surface area (Å²) in [5.74, 6) is -0.834. The van der Waals surface area contributed by atoms with Crippen LogP contribution in [0.4, 0.5) is 0 Å². The van der Waals surface area contributed by atoms with E-state index in [2.05, 4.69) is 31.0 Å². The van der Waals surface area contributed by atoms with Crippen molar-refractivity contribution in [1.29, 1.82) is 0 Å². The van der Waals surface area contributed by atoms with Gasteiger partial charge in [-0.3, -0.25) is 4.79 Å². The minimum atomic E-state index is -1.07. The highest BCUT2D eigenvalue weighted by Gasteiger charge is 2.15. The summed E-state index contributed by atoms with van der Waals surface area (Å²) in [4.78, 5) is 28.5. The molecule has 0 amide bonds. The summed E-state index contributed by atoms with van der Waals surface area (Å²) in [6.45, 7) is 1.57. The number of aromatic nitrogens is 4. The second-order valence-corrected chi connectivity index (χ2v) is 4.04. The second-order valence-electron chi connectivity index (χ2n) is 3.25. The van der Waals surface area contributed by atoms with Crippen molar-refractivity contribution in [3.8, 4) is 5.82 Å². The molecular weight excluding hydrogens is 292 g/mol. The number of halogens is 1. The zero-order chi connectivity index (χ0) is 12.6. The van der Waals surface area contributed by atoms with Crippen molar-refractivity contribution in [2.75, 3.05) is 0 Å². The third-order valence-corrected chi connectivity index (χ3v) is 2.84. The third kappa shape index (κ3) is 1.98. The molecule has 0 bridgehead atoms. The van der Waals surface area contributed by atoms with E-state index in [9.17, 15) is 9.59 Å². The molecule has 8 heteroatoms. The summed E-state index contributed by atoms with van der Waals surface area (Å²) in [6.07, 6.45) is 2.53. The van der Waals surface area contributed by atoms with Crippen molar-refractivity contribution in [2.24, 2.45) is 0 Å².